The van der Waals surface area contributed by atoms with E-state index in [1.165, 1.54) is 12.1 Å². The number of hydrogen-bond donors (Lipinski definition) is 0. The third kappa shape index (κ3) is 3.54. The quantitative estimate of drug-likeness (QED) is 0.790. The molecule has 0 N–H and O–H groups in total. The number of nitriles is 1. The summed E-state index contributed by atoms with van der Waals surface area (Å²) in [6.45, 7) is 0.298. The van der Waals surface area contributed by atoms with E-state index in [0.717, 1.165) is 5.56 Å². The van der Waals surface area contributed by atoms with Gasteiger partial charge in [-0.25, -0.2) is 0 Å². The molecule has 19 heavy (non-hydrogen) atoms. The van der Waals surface area contributed by atoms with Crippen molar-refractivity contribution in [3.63, 3.8) is 0 Å². The highest BCUT2D eigenvalue weighted by Crippen LogP contribution is 2.34. The Kier molecular flexibility index (Phi) is 4.55. The highest BCUT2D eigenvalue weighted by Gasteiger charge is 2.10. The van der Waals surface area contributed by atoms with Crippen LogP contribution in [0.25, 0.3) is 0 Å². The Bertz CT molecular complexity index is 626. The van der Waals surface area contributed by atoms with Gasteiger partial charge in [0.2, 0.25) is 0 Å². The molecule has 0 heterocycles. The maximum Gasteiger partial charge on any atom is 0.157 e. The molecule has 0 atom stereocenters. The monoisotopic (exact) mass is 311 g/mol. The van der Waals surface area contributed by atoms with E-state index in [4.69, 9.17) is 44.8 Å². The van der Waals surface area contributed by atoms with Crippen LogP contribution >= 0.6 is 34.8 Å². The number of halogens is 3. The standard InChI is InChI=1S/C14H8Cl3NO/c15-11-3-1-2-9(4-11)8-19-14-12(16)5-10(7-18)6-13(14)17/h1-6H,8H2. The topological polar surface area (TPSA) is 33.0 Å². The van der Waals surface area contributed by atoms with Crippen molar-refractivity contribution < 1.29 is 4.74 Å². The molecular weight excluding hydrogens is 305 g/mol. The lowest BCUT2D eigenvalue weighted by molar-refractivity contribution is 0.306. The van der Waals surface area contributed by atoms with Gasteiger partial charge in [-0.1, -0.05) is 46.9 Å². The van der Waals surface area contributed by atoms with E-state index in [-0.39, 0.29) is 0 Å². The van der Waals surface area contributed by atoms with Crippen molar-refractivity contribution in [3.05, 3.63) is 62.6 Å². The predicted molar refractivity (Wildman–Crippen MR) is 77.0 cm³/mol. The van der Waals surface area contributed by atoms with Crippen molar-refractivity contribution in [2.75, 3.05) is 0 Å². The van der Waals surface area contributed by atoms with Gasteiger partial charge in [0.1, 0.15) is 6.61 Å². The van der Waals surface area contributed by atoms with Crippen LogP contribution in [0.2, 0.25) is 15.1 Å². The summed E-state index contributed by atoms with van der Waals surface area (Å²) in [4.78, 5) is 0. The molecule has 0 unspecified atom stereocenters. The van der Waals surface area contributed by atoms with Crippen LogP contribution < -0.4 is 4.74 Å². The van der Waals surface area contributed by atoms with Crippen molar-refractivity contribution in [2.45, 2.75) is 6.61 Å². The predicted octanol–water partition coefficient (Wildman–Crippen LogP) is 5.10. The van der Waals surface area contributed by atoms with E-state index in [9.17, 15) is 0 Å². The van der Waals surface area contributed by atoms with Gasteiger partial charge in [0.05, 0.1) is 21.7 Å². The molecule has 0 fully saturated rings. The van der Waals surface area contributed by atoms with E-state index in [1.807, 2.05) is 18.2 Å². The second-order valence-electron chi connectivity index (χ2n) is 3.80. The molecule has 0 saturated carbocycles. The van der Waals surface area contributed by atoms with E-state index in [2.05, 4.69) is 0 Å². The molecule has 5 heteroatoms. The van der Waals surface area contributed by atoms with Gasteiger partial charge in [-0.05, 0) is 29.8 Å². The Morgan fingerprint density at radius 3 is 2.32 bits per heavy atom. The van der Waals surface area contributed by atoms with E-state index < -0.39 is 0 Å². The van der Waals surface area contributed by atoms with Gasteiger partial charge in [-0.3, -0.25) is 0 Å². The fraction of sp³-hybridized carbons (Fsp3) is 0.0714. The van der Waals surface area contributed by atoms with E-state index >= 15 is 0 Å². The van der Waals surface area contributed by atoms with Crippen molar-refractivity contribution >= 4 is 34.8 Å². The lowest BCUT2D eigenvalue weighted by Crippen LogP contribution is -1.97. The molecular formula is C14H8Cl3NO. The fourth-order valence-electron chi connectivity index (χ4n) is 1.54. The average molecular weight is 313 g/mol. The van der Waals surface area contributed by atoms with Gasteiger partial charge in [-0.15, -0.1) is 0 Å². The second kappa shape index (κ2) is 6.16. The molecule has 96 valence electrons. The lowest BCUT2D eigenvalue weighted by Gasteiger charge is -2.10. The zero-order valence-corrected chi connectivity index (χ0v) is 11.9. The Balaban J connectivity index is 2.18. The van der Waals surface area contributed by atoms with Crippen LogP contribution in [0.15, 0.2) is 36.4 Å². The molecule has 2 nitrogen and oxygen atoms in total. The minimum absolute atomic E-state index is 0.298. The number of nitrogens with zero attached hydrogens (tertiary/aromatic N) is 1. The Labute approximate surface area is 126 Å². The highest BCUT2D eigenvalue weighted by atomic mass is 35.5. The first kappa shape index (κ1) is 14.0. The molecule has 2 aromatic carbocycles. The summed E-state index contributed by atoms with van der Waals surface area (Å²) in [6.07, 6.45) is 0. The summed E-state index contributed by atoms with van der Waals surface area (Å²) < 4.78 is 5.58. The van der Waals surface area contributed by atoms with Crippen molar-refractivity contribution in [2.24, 2.45) is 0 Å². The number of benzene rings is 2. The number of hydrogen-bond acceptors (Lipinski definition) is 2. The van der Waals surface area contributed by atoms with Gasteiger partial charge in [0.25, 0.3) is 0 Å². The first-order valence-electron chi connectivity index (χ1n) is 5.36. The van der Waals surface area contributed by atoms with Crippen LogP contribution in [0.4, 0.5) is 0 Å². The summed E-state index contributed by atoms with van der Waals surface area (Å²) in [5.74, 6) is 0.363. The van der Waals surface area contributed by atoms with Crippen LogP contribution in [-0.2, 0) is 6.61 Å². The molecule has 0 aliphatic carbocycles. The average Bonchev–Trinajstić information content (AvgIpc) is 2.37. The van der Waals surface area contributed by atoms with E-state index in [0.29, 0.717) is 33.0 Å². The largest absolute Gasteiger partial charge is 0.486 e. The van der Waals surface area contributed by atoms with Crippen LogP contribution in [-0.4, -0.2) is 0 Å². The van der Waals surface area contributed by atoms with Gasteiger partial charge in [0.15, 0.2) is 5.75 Å². The van der Waals surface area contributed by atoms with Crippen molar-refractivity contribution in [1.82, 2.24) is 0 Å². The summed E-state index contributed by atoms with van der Waals surface area (Å²) >= 11 is 17.9. The molecule has 2 aromatic rings. The normalized spacial score (nSPS) is 10.0. The third-order valence-corrected chi connectivity index (χ3v) is 3.20. The molecule has 0 aliphatic rings. The first-order valence-corrected chi connectivity index (χ1v) is 6.50. The van der Waals surface area contributed by atoms with E-state index in [1.54, 1.807) is 12.1 Å². The molecule has 0 bridgehead atoms. The third-order valence-electron chi connectivity index (χ3n) is 2.40. The SMILES string of the molecule is N#Cc1cc(Cl)c(OCc2cccc(Cl)c2)c(Cl)c1. The Morgan fingerprint density at radius 2 is 1.74 bits per heavy atom. The zero-order valence-electron chi connectivity index (χ0n) is 9.66. The van der Waals surface area contributed by atoms with Gasteiger partial charge < -0.3 is 4.74 Å². The highest BCUT2D eigenvalue weighted by molar-refractivity contribution is 6.37. The van der Waals surface area contributed by atoms with Crippen molar-refractivity contribution in [1.29, 1.82) is 5.26 Å². The fourth-order valence-corrected chi connectivity index (χ4v) is 2.35. The molecule has 0 radical (unpaired) electrons. The second-order valence-corrected chi connectivity index (χ2v) is 5.05. The molecule has 0 amide bonds. The summed E-state index contributed by atoms with van der Waals surface area (Å²) in [7, 11) is 0. The molecule has 2 rings (SSSR count). The minimum atomic E-state index is 0.298. The Hall–Kier alpha value is -1.40. The first-order chi connectivity index (χ1) is 9.10. The van der Waals surface area contributed by atoms with Crippen molar-refractivity contribution in [3.8, 4) is 11.8 Å². The molecule has 0 aromatic heterocycles. The van der Waals surface area contributed by atoms with Gasteiger partial charge in [-0.2, -0.15) is 5.26 Å². The molecule has 0 saturated heterocycles. The van der Waals surface area contributed by atoms with Crippen LogP contribution in [0.1, 0.15) is 11.1 Å². The summed E-state index contributed by atoms with van der Waals surface area (Å²) in [5.41, 5.74) is 1.30. The van der Waals surface area contributed by atoms with Crippen LogP contribution in [0, 0.1) is 11.3 Å². The molecule has 0 spiro atoms. The van der Waals surface area contributed by atoms with Gasteiger partial charge in [0, 0.05) is 5.02 Å². The zero-order chi connectivity index (χ0) is 13.8. The molecule has 0 aliphatic heterocycles. The minimum Gasteiger partial charge on any atom is -0.486 e. The Morgan fingerprint density at radius 1 is 1.05 bits per heavy atom. The maximum absolute atomic E-state index is 8.79. The lowest BCUT2D eigenvalue weighted by atomic mass is 10.2. The van der Waals surface area contributed by atoms with Crippen LogP contribution in [0.5, 0.6) is 5.75 Å². The number of ether oxygens (including phenoxy) is 1. The summed E-state index contributed by atoms with van der Waals surface area (Å²) in [5, 5.41) is 10.1. The number of rotatable bonds is 3. The maximum atomic E-state index is 8.79. The van der Waals surface area contributed by atoms with Gasteiger partial charge >= 0.3 is 0 Å². The summed E-state index contributed by atoms with van der Waals surface area (Å²) in [6, 6.07) is 12.3. The van der Waals surface area contributed by atoms with Crippen LogP contribution in [0.3, 0.4) is 0 Å². The smallest absolute Gasteiger partial charge is 0.157 e.